The quantitative estimate of drug-likeness (QED) is 0.129. The molecular formula is C31H33NO4. The fourth-order valence-corrected chi connectivity index (χ4v) is 3.72. The molecule has 0 aliphatic heterocycles. The molecule has 0 amide bonds. The first-order chi connectivity index (χ1) is 17.7. The number of unbranched alkanes of at least 4 members (excludes halogenated alkanes) is 5. The summed E-state index contributed by atoms with van der Waals surface area (Å²) in [5.74, 6) is 1.13. The van der Waals surface area contributed by atoms with Gasteiger partial charge in [-0.25, -0.2) is 4.79 Å². The zero-order chi connectivity index (χ0) is 25.4. The Kier molecular flexibility index (Phi) is 11.1. The van der Waals surface area contributed by atoms with Crippen molar-refractivity contribution in [3.05, 3.63) is 96.6 Å². The van der Waals surface area contributed by atoms with Crippen LogP contribution in [0.1, 0.15) is 49.7 Å². The molecule has 3 aromatic carbocycles. The van der Waals surface area contributed by atoms with Gasteiger partial charge in [0.15, 0.2) is 0 Å². The molecule has 5 nitrogen and oxygen atoms in total. The Bertz CT molecular complexity index is 1130. The number of benzene rings is 3. The summed E-state index contributed by atoms with van der Waals surface area (Å²) in [5.41, 5.74) is 3.84. The number of hydrogen-bond acceptors (Lipinski definition) is 5. The number of rotatable bonds is 15. The molecule has 0 aliphatic carbocycles. The molecule has 186 valence electrons. The van der Waals surface area contributed by atoms with Crippen molar-refractivity contribution in [3.63, 3.8) is 0 Å². The first-order valence-electron chi connectivity index (χ1n) is 12.4. The van der Waals surface area contributed by atoms with E-state index in [9.17, 15) is 10.1 Å². The van der Waals surface area contributed by atoms with Gasteiger partial charge in [0, 0.05) is 6.08 Å². The number of carbonyl (C=O) groups excluding carboxylic acids is 1. The van der Waals surface area contributed by atoms with Crippen LogP contribution >= 0.6 is 0 Å². The van der Waals surface area contributed by atoms with Gasteiger partial charge in [-0.1, -0.05) is 80.8 Å². The molecule has 5 heteroatoms. The SMILES string of the molecule is C=CC(=O)OCCCCCCCCOc1ccc(-c2ccc(COc3ccccc3C#N)cc2)cc1. The number of nitrogens with zero attached hydrogens (tertiary/aromatic N) is 1. The molecule has 0 spiro atoms. The van der Waals surface area contributed by atoms with Crippen LogP contribution < -0.4 is 9.47 Å². The summed E-state index contributed by atoms with van der Waals surface area (Å²) in [7, 11) is 0. The second-order valence-corrected chi connectivity index (χ2v) is 8.46. The molecule has 0 saturated heterocycles. The van der Waals surface area contributed by atoms with Gasteiger partial charge in [0.2, 0.25) is 0 Å². The van der Waals surface area contributed by atoms with Gasteiger partial charge in [-0.15, -0.1) is 0 Å². The Hall–Kier alpha value is -4.04. The lowest BCUT2D eigenvalue weighted by Crippen LogP contribution is -2.01. The number of ether oxygens (including phenoxy) is 3. The molecule has 0 aromatic heterocycles. The highest BCUT2D eigenvalue weighted by Gasteiger charge is 2.04. The van der Waals surface area contributed by atoms with E-state index in [0.717, 1.165) is 61.0 Å². The maximum Gasteiger partial charge on any atom is 0.330 e. The monoisotopic (exact) mass is 483 g/mol. The molecule has 0 atom stereocenters. The van der Waals surface area contributed by atoms with Crippen molar-refractivity contribution in [2.24, 2.45) is 0 Å². The van der Waals surface area contributed by atoms with Crippen molar-refractivity contribution < 1.29 is 19.0 Å². The summed E-state index contributed by atoms with van der Waals surface area (Å²) < 4.78 is 16.7. The summed E-state index contributed by atoms with van der Waals surface area (Å²) in [6, 6.07) is 25.8. The third kappa shape index (κ3) is 8.96. The van der Waals surface area contributed by atoms with Gasteiger partial charge in [0.05, 0.1) is 18.8 Å². The fourth-order valence-electron chi connectivity index (χ4n) is 3.72. The lowest BCUT2D eigenvalue weighted by atomic mass is 10.0. The molecule has 0 unspecified atom stereocenters. The van der Waals surface area contributed by atoms with Crippen LogP contribution in [0.15, 0.2) is 85.5 Å². The normalized spacial score (nSPS) is 10.3. The minimum absolute atomic E-state index is 0.348. The van der Waals surface area contributed by atoms with Gasteiger partial charge in [-0.3, -0.25) is 0 Å². The average Bonchev–Trinajstić information content (AvgIpc) is 2.93. The number of para-hydroxylation sites is 1. The second kappa shape index (κ2) is 15.1. The predicted molar refractivity (Wildman–Crippen MR) is 142 cm³/mol. The largest absolute Gasteiger partial charge is 0.494 e. The molecular weight excluding hydrogens is 450 g/mol. The van der Waals surface area contributed by atoms with Gasteiger partial charge in [0.1, 0.15) is 24.2 Å². The predicted octanol–water partition coefficient (Wildman–Crippen LogP) is 7.25. The molecule has 0 N–H and O–H groups in total. The molecule has 3 rings (SSSR count). The number of carbonyl (C=O) groups is 1. The minimum Gasteiger partial charge on any atom is -0.494 e. The third-order valence-electron chi connectivity index (χ3n) is 5.76. The average molecular weight is 484 g/mol. The zero-order valence-corrected chi connectivity index (χ0v) is 20.7. The first kappa shape index (κ1) is 26.6. The number of esters is 1. The van der Waals surface area contributed by atoms with Crippen LogP contribution in [0.5, 0.6) is 11.5 Å². The van der Waals surface area contributed by atoms with E-state index in [4.69, 9.17) is 14.2 Å². The second-order valence-electron chi connectivity index (χ2n) is 8.46. The first-order valence-corrected chi connectivity index (χ1v) is 12.4. The van der Waals surface area contributed by atoms with Gasteiger partial charge in [-0.2, -0.15) is 5.26 Å². The highest BCUT2D eigenvalue weighted by Crippen LogP contribution is 2.24. The van der Waals surface area contributed by atoms with E-state index in [0.29, 0.717) is 31.1 Å². The van der Waals surface area contributed by atoms with Gasteiger partial charge in [0.25, 0.3) is 0 Å². The Labute approximate surface area is 213 Å². The summed E-state index contributed by atoms with van der Waals surface area (Å²) in [4.78, 5) is 11.0. The van der Waals surface area contributed by atoms with Crippen molar-refractivity contribution >= 4 is 5.97 Å². The lowest BCUT2D eigenvalue weighted by Gasteiger charge is -2.09. The summed E-state index contributed by atoms with van der Waals surface area (Å²) >= 11 is 0. The van der Waals surface area contributed by atoms with E-state index in [1.54, 1.807) is 6.07 Å². The van der Waals surface area contributed by atoms with Crippen LogP contribution in [0, 0.1) is 11.3 Å². The van der Waals surface area contributed by atoms with E-state index in [1.807, 2.05) is 42.5 Å². The van der Waals surface area contributed by atoms with E-state index in [2.05, 4.69) is 36.9 Å². The minimum atomic E-state index is -0.348. The summed E-state index contributed by atoms with van der Waals surface area (Å²) in [5, 5.41) is 9.18. The molecule has 0 aliphatic rings. The van der Waals surface area contributed by atoms with E-state index in [1.165, 1.54) is 6.08 Å². The highest BCUT2D eigenvalue weighted by atomic mass is 16.5. The van der Waals surface area contributed by atoms with Crippen LogP contribution in [0.4, 0.5) is 0 Å². The van der Waals surface area contributed by atoms with Crippen molar-refractivity contribution in [2.45, 2.75) is 45.1 Å². The van der Waals surface area contributed by atoms with Crippen LogP contribution in [0.25, 0.3) is 11.1 Å². The molecule has 0 saturated carbocycles. The zero-order valence-electron chi connectivity index (χ0n) is 20.7. The van der Waals surface area contributed by atoms with Crippen molar-refractivity contribution in [3.8, 4) is 28.7 Å². The van der Waals surface area contributed by atoms with Crippen molar-refractivity contribution in [2.75, 3.05) is 13.2 Å². The van der Waals surface area contributed by atoms with Crippen LogP contribution in [0.3, 0.4) is 0 Å². The molecule has 36 heavy (non-hydrogen) atoms. The Morgan fingerprint density at radius 2 is 1.39 bits per heavy atom. The molecule has 0 heterocycles. The van der Waals surface area contributed by atoms with Crippen LogP contribution in [0.2, 0.25) is 0 Å². The topological polar surface area (TPSA) is 68.6 Å². The van der Waals surface area contributed by atoms with Gasteiger partial charge >= 0.3 is 5.97 Å². The van der Waals surface area contributed by atoms with Gasteiger partial charge < -0.3 is 14.2 Å². The van der Waals surface area contributed by atoms with Crippen molar-refractivity contribution in [1.82, 2.24) is 0 Å². The summed E-state index contributed by atoms with van der Waals surface area (Å²) in [6.45, 7) is 4.98. The Balaban J connectivity index is 1.33. The van der Waals surface area contributed by atoms with E-state index in [-0.39, 0.29) is 5.97 Å². The van der Waals surface area contributed by atoms with Gasteiger partial charge in [-0.05, 0) is 53.8 Å². The molecule has 3 aromatic rings. The Morgan fingerprint density at radius 1 is 0.778 bits per heavy atom. The fraction of sp³-hybridized carbons (Fsp3) is 0.290. The van der Waals surface area contributed by atoms with E-state index < -0.39 is 0 Å². The summed E-state index contributed by atoms with van der Waals surface area (Å²) in [6.07, 6.45) is 7.61. The van der Waals surface area contributed by atoms with Crippen molar-refractivity contribution in [1.29, 1.82) is 5.26 Å². The smallest absolute Gasteiger partial charge is 0.330 e. The number of hydrogen-bond donors (Lipinski definition) is 0. The van der Waals surface area contributed by atoms with Crippen LogP contribution in [-0.4, -0.2) is 19.2 Å². The Morgan fingerprint density at radius 3 is 2.06 bits per heavy atom. The van der Waals surface area contributed by atoms with Crippen LogP contribution in [-0.2, 0) is 16.1 Å². The van der Waals surface area contributed by atoms with E-state index >= 15 is 0 Å². The maximum absolute atomic E-state index is 11.0. The molecule has 0 radical (unpaired) electrons. The lowest BCUT2D eigenvalue weighted by molar-refractivity contribution is -0.137. The highest BCUT2D eigenvalue weighted by molar-refractivity contribution is 5.81. The number of nitriles is 1. The maximum atomic E-state index is 11.0. The molecule has 0 bridgehead atoms. The standard InChI is InChI=1S/C31H33NO4/c1-2-31(33)35-22-10-6-4-3-5-9-21-34-29-19-17-27(18-20-29)26-15-13-25(14-16-26)24-36-30-12-8-7-11-28(30)23-32/h2,7-8,11-20H,1,3-6,9-10,21-22,24H2. The molecule has 0 fully saturated rings. The third-order valence-corrected chi connectivity index (χ3v) is 5.76.